The smallest absolute Gasteiger partial charge is 0.125 e. The lowest BCUT2D eigenvalue weighted by molar-refractivity contribution is 0.626. The van der Waals surface area contributed by atoms with Crippen molar-refractivity contribution in [2.24, 2.45) is 0 Å². The molecule has 0 N–H and O–H groups in total. The van der Waals surface area contributed by atoms with Crippen LogP contribution in [0.5, 0.6) is 0 Å². The third kappa shape index (κ3) is 1.85. The lowest BCUT2D eigenvalue weighted by Gasteiger charge is -2.03. The molecular formula is C8H7Cl2F. The Morgan fingerprint density at radius 2 is 2.09 bits per heavy atom. The largest absolute Gasteiger partial charge is 0.207 e. The van der Waals surface area contributed by atoms with E-state index < -0.39 is 0 Å². The summed E-state index contributed by atoms with van der Waals surface area (Å²) in [5.41, 5.74) is 1.60. The molecule has 0 amide bonds. The molecule has 3 heteroatoms. The van der Waals surface area contributed by atoms with E-state index in [0.29, 0.717) is 10.9 Å². The van der Waals surface area contributed by atoms with Gasteiger partial charge in [-0.15, -0.1) is 11.6 Å². The summed E-state index contributed by atoms with van der Waals surface area (Å²) in [6.45, 7) is 1.82. The first-order valence-electron chi connectivity index (χ1n) is 3.15. The van der Waals surface area contributed by atoms with E-state index in [-0.39, 0.29) is 5.82 Å². The molecule has 0 atom stereocenters. The summed E-state index contributed by atoms with van der Waals surface area (Å²) < 4.78 is 12.7. The molecular weight excluding hydrogens is 186 g/mol. The van der Waals surface area contributed by atoms with Crippen molar-refractivity contribution in [3.8, 4) is 0 Å². The number of hydrogen-bond acceptors (Lipinski definition) is 0. The molecule has 11 heavy (non-hydrogen) atoms. The van der Waals surface area contributed by atoms with Gasteiger partial charge in [-0.1, -0.05) is 11.6 Å². The predicted octanol–water partition coefficient (Wildman–Crippen LogP) is 3.53. The Balaban J connectivity index is 3.24. The van der Waals surface area contributed by atoms with Crippen LogP contribution in [0.4, 0.5) is 4.39 Å². The zero-order chi connectivity index (χ0) is 8.43. The summed E-state index contributed by atoms with van der Waals surface area (Å²) in [5, 5.41) is 0.431. The van der Waals surface area contributed by atoms with Gasteiger partial charge in [-0.25, -0.2) is 4.39 Å². The molecule has 0 bridgehead atoms. The van der Waals surface area contributed by atoms with Crippen molar-refractivity contribution in [1.82, 2.24) is 0 Å². The molecule has 0 spiro atoms. The van der Waals surface area contributed by atoms with Gasteiger partial charge in [-0.3, -0.25) is 0 Å². The van der Waals surface area contributed by atoms with Gasteiger partial charge in [0, 0.05) is 10.9 Å². The number of rotatable bonds is 1. The Kier molecular flexibility index (Phi) is 2.74. The van der Waals surface area contributed by atoms with Gasteiger partial charge >= 0.3 is 0 Å². The summed E-state index contributed by atoms with van der Waals surface area (Å²) in [6.07, 6.45) is 0. The number of alkyl halides is 1. The Morgan fingerprint density at radius 1 is 1.45 bits per heavy atom. The summed E-state index contributed by atoms with van der Waals surface area (Å²) >= 11 is 11.3. The standard InChI is InChI=1S/C8H7Cl2F/c1-5-6(4-9)2-7(11)3-8(5)10/h2-3H,4H2,1H3. The second-order valence-electron chi connectivity index (χ2n) is 2.31. The molecule has 0 unspecified atom stereocenters. The fourth-order valence-electron chi connectivity index (χ4n) is 0.838. The van der Waals surface area contributed by atoms with Gasteiger partial charge in [0.25, 0.3) is 0 Å². The van der Waals surface area contributed by atoms with Crippen molar-refractivity contribution in [2.45, 2.75) is 12.8 Å². The molecule has 0 nitrogen and oxygen atoms in total. The first kappa shape index (κ1) is 8.82. The second kappa shape index (κ2) is 3.42. The van der Waals surface area contributed by atoms with E-state index in [2.05, 4.69) is 0 Å². The van der Waals surface area contributed by atoms with Crippen LogP contribution in [0.1, 0.15) is 11.1 Å². The Hall–Kier alpha value is -0.270. The fraction of sp³-hybridized carbons (Fsp3) is 0.250. The minimum absolute atomic E-state index is 0.295. The summed E-state index contributed by atoms with van der Waals surface area (Å²) in [5.74, 6) is -0.0419. The maximum absolute atomic E-state index is 12.7. The summed E-state index contributed by atoms with van der Waals surface area (Å²) in [4.78, 5) is 0. The third-order valence-electron chi connectivity index (χ3n) is 1.56. The number of benzene rings is 1. The maximum Gasteiger partial charge on any atom is 0.125 e. The molecule has 1 rings (SSSR count). The van der Waals surface area contributed by atoms with Crippen LogP contribution in [0.25, 0.3) is 0 Å². The molecule has 0 aromatic heterocycles. The van der Waals surface area contributed by atoms with Crippen LogP contribution in [0.3, 0.4) is 0 Å². The average Bonchev–Trinajstić information content (AvgIpc) is 1.96. The van der Waals surface area contributed by atoms with E-state index >= 15 is 0 Å². The number of hydrogen-bond donors (Lipinski definition) is 0. The minimum atomic E-state index is -0.337. The molecule has 0 heterocycles. The zero-order valence-electron chi connectivity index (χ0n) is 6.00. The highest BCUT2D eigenvalue weighted by molar-refractivity contribution is 6.31. The Bertz CT molecular complexity index is 271. The van der Waals surface area contributed by atoms with Gasteiger partial charge in [0.2, 0.25) is 0 Å². The molecule has 0 saturated carbocycles. The van der Waals surface area contributed by atoms with Gasteiger partial charge in [-0.2, -0.15) is 0 Å². The van der Waals surface area contributed by atoms with Crippen molar-refractivity contribution in [3.05, 3.63) is 34.1 Å². The van der Waals surface area contributed by atoms with E-state index in [1.165, 1.54) is 12.1 Å². The van der Waals surface area contributed by atoms with E-state index in [0.717, 1.165) is 11.1 Å². The van der Waals surface area contributed by atoms with Gasteiger partial charge in [0.1, 0.15) is 5.82 Å². The molecule has 60 valence electrons. The molecule has 0 aliphatic carbocycles. The average molecular weight is 193 g/mol. The Labute approximate surface area is 74.9 Å². The molecule has 0 saturated heterocycles. The highest BCUT2D eigenvalue weighted by Crippen LogP contribution is 2.21. The predicted molar refractivity (Wildman–Crippen MR) is 45.7 cm³/mol. The molecule has 0 fully saturated rings. The van der Waals surface area contributed by atoms with Crippen LogP contribution in [0.2, 0.25) is 5.02 Å². The first-order chi connectivity index (χ1) is 5.15. The van der Waals surface area contributed by atoms with E-state index in [1.54, 1.807) is 0 Å². The number of halogens is 3. The van der Waals surface area contributed by atoms with Gasteiger partial charge in [-0.05, 0) is 30.2 Å². The monoisotopic (exact) mass is 192 g/mol. The van der Waals surface area contributed by atoms with Crippen LogP contribution in [0, 0.1) is 12.7 Å². The van der Waals surface area contributed by atoms with Gasteiger partial charge < -0.3 is 0 Å². The lowest BCUT2D eigenvalue weighted by Crippen LogP contribution is -1.88. The van der Waals surface area contributed by atoms with Crippen molar-refractivity contribution in [3.63, 3.8) is 0 Å². The van der Waals surface area contributed by atoms with Crippen molar-refractivity contribution in [2.75, 3.05) is 0 Å². The van der Waals surface area contributed by atoms with Crippen molar-refractivity contribution >= 4 is 23.2 Å². The zero-order valence-corrected chi connectivity index (χ0v) is 7.51. The fourth-order valence-corrected chi connectivity index (χ4v) is 1.34. The van der Waals surface area contributed by atoms with Crippen LogP contribution in [-0.4, -0.2) is 0 Å². The molecule has 0 aliphatic rings. The summed E-state index contributed by atoms with van der Waals surface area (Å²) in [6, 6.07) is 2.68. The maximum atomic E-state index is 12.7. The van der Waals surface area contributed by atoms with Crippen LogP contribution >= 0.6 is 23.2 Å². The Morgan fingerprint density at radius 3 is 2.64 bits per heavy atom. The molecule has 1 aromatic carbocycles. The van der Waals surface area contributed by atoms with Crippen molar-refractivity contribution < 1.29 is 4.39 Å². The highest BCUT2D eigenvalue weighted by atomic mass is 35.5. The van der Waals surface area contributed by atoms with Crippen LogP contribution < -0.4 is 0 Å². The van der Waals surface area contributed by atoms with Gasteiger partial charge in [0.05, 0.1) is 0 Å². The third-order valence-corrected chi connectivity index (χ3v) is 2.24. The van der Waals surface area contributed by atoms with Crippen LogP contribution in [-0.2, 0) is 5.88 Å². The minimum Gasteiger partial charge on any atom is -0.207 e. The topological polar surface area (TPSA) is 0 Å². The van der Waals surface area contributed by atoms with E-state index in [4.69, 9.17) is 23.2 Å². The van der Waals surface area contributed by atoms with E-state index in [1.807, 2.05) is 6.92 Å². The van der Waals surface area contributed by atoms with Crippen LogP contribution in [0.15, 0.2) is 12.1 Å². The highest BCUT2D eigenvalue weighted by Gasteiger charge is 2.03. The normalized spacial score (nSPS) is 10.2. The molecule has 1 aromatic rings. The quantitative estimate of drug-likeness (QED) is 0.598. The summed E-state index contributed by atoms with van der Waals surface area (Å²) in [7, 11) is 0. The second-order valence-corrected chi connectivity index (χ2v) is 2.98. The first-order valence-corrected chi connectivity index (χ1v) is 4.07. The van der Waals surface area contributed by atoms with Gasteiger partial charge in [0.15, 0.2) is 0 Å². The molecule has 0 aliphatic heterocycles. The van der Waals surface area contributed by atoms with E-state index in [9.17, 15) is 4.39 Å². The molecule has 0 radical (unpaired) electrons. The lowest BCUT2D eigenvalue weighted by atomic mass is 10.1. The SMILES string of the molecule is Cc1c(Cl)cc(F)cc1CCl. The van der Waals surface area contributed by atoms with Crippen molar-refractivity contribution in [1.29, 1.82) is 0 Å².